The number of hydrogen-bond acceptors (Lipinski definition) is 4. The minimum Gasteiger partial charge on any atom is -0.453 e. The molecule has 0 spiro atoms. The van der Waals surface area contributed by atoms with Gasteiger partial charge in [-0.15, -0.1) is 4.91 Å². The molecule has 1 amide bonds. The van der Waals surface area contributed by atoms with Gasteiger partial charge in [-0.25, -0.2) is 9.80 Å². The predicted octanol–water partition coefficient (Wildman–Crippen LogP) is 1.87. The van der Waals surface area contributed by atoms with Crippen LogP contribution in [0.15, 0.2) is 35.6 Å². The molecule has 0 unspecified atom stereocenters. The van der Waals surface area contributed by atoms with E-state index in [4.69, 9.17) is 0 Å². The van der Waals surface area contributed by atoms with Gasteiger partial charge in [-0.05, 0) is 12.1 Å². The van der Waals surface area contributed by atoms with Crippen molar-refractivity contribution in [2.75, 3.05) is 32.3 Å². The Hall–Kier alpha value is -2.11. The first-order chi connectivity index (χ1) is 8.19. The van der Waals surface area contributed by atoms with Crippen LogP contribution in [0.1, 0.15) is 0 Å². The van der Waals surface area contributed by atoms with Crippen LogP contribution in [0.2, 0.25) is 0 Å². The Morgan fingerprint density at radius 3 is 2.47 bits per heavy atom. The van der Waals surface area contributed by atoms with E-state index in [2.05, 4.69) is 10.0 Å². The van der Waals surface area contributed by atoms with Gasteiger partial charge in [0.25, 0.3) is 0 Å². The van der Waals surface area contributed by atoms with E-state index in [0.29, 0.717) is 18.8 Å². The Labute approximate surface area is 99.7 Å². The molecule has 0 N–H and O–H groups in total. The van der Waals surface area contributed by atoms with E-state index in [1.54, 1.807) is 19.2 Å². The molecule has 0 saturated heterocycles. The van der Waals surface area contributed by atoms with Crippen molar-refractivity contribution in [2.24, 2.45) is 5.29 Å². The van der Waals surface area contributed by atoms with Crippen molar-refractivity contribution in [1.29, 1.82) is 0 Å². The lowest BCUT2D eigenvalue weighted by Crippen LogP contribution is -2.34. The zero-order valence-corrected chi connectivity index (χ0v) is 9.87. The molecular formula is C11H15N3O3. The van der Waals surface area contributed by atoms with Crippen molar-refractivity contribution in [3.05, 3.63) is 35.2 Å². The quantitative estimate of drug-likeness (QED) is 0.579. The Morgan fingerprint density at radius 1 is 1.29 bits per heavy atom. The summed E-state index contributed by atoms with van der Waals surface area (Å²) in [5.74, 6) is 0. The zero-order valence-electron chi connectivity index (χ0n) is 9.87. The smallest absolute Gasteiger partial charge is 0.409 e. The van der Waals surface area contributed by atoms with Crippen LogP contribution in [0.5, 0.6) is 0 Å². The summed E-state index contributed by atoms with van der Waals surface area (Å²) in [6.45, 7) is 0.673. The van der Waals surface area contributed by atoms with Gasteiger partial charge in [0, 0.05) is 13.6 Å². The van der Waals surface area contributed by atoms with Gasteiger partial charge in [0.15, 0.2) is 0 Å². The fourth-order valence-corrected chi connectivity index (χ4v) is 1.31. The summed E-state index contributed by atoms with van der Waals surface area (Å²) in [5, 5.41) is 4.21. The highest BCUT2D eigenvalue weighted by Crippen LogP contribution is 2.12. The minimum atomic E-state index is -0.441. The van der Waals surface area contributed by atoms with Gasteiger partial charge in [-0.3, -0.25) is 0 Å². The fraction of sp³-hybridized carbons (Fsp3) is 0.364. The molecule has 0 aliphatic heterocycles. The second-order valence-electron chi connectivity index (χ2n) is 3.43. The van der Waals surface area contributed by atoms with Crippen LogP contribution in [-0.2, 0) is 4.74 Å². The molecule has 1 rings (SSSR count). The maximum atomic E-state index is 11.1. The Morgan fingerprint density at radius 2 is 1.94 bits per heavy atom. The van der Waals surface area contributed by atoms with Crippen LogP contribution >= 0.6 is 0 Å². The van der Waals surface area contributed by atoms with Gasteiger partial charge in [-0.1, -0.05) is 18.2 Å². The third kappa shape index (κ3) is 3.75. The van der Waals surface area contributed by atoms with Gasteiger partial charge in [0.05, 0.1) is 24.6 Å². The summed E-state index contributed by atoms with van der Waals surface area (Å²) in [6.07, 6.45) is -0.441. The van der Waals surface area contributed by atoms with E-state index in [1.165, 1.54) is 17.0 Å². The average Bonchev–Trinajstić information content (AvgIpc) is 2.39. The van der Waals surface area contributed by atoms with Crippen molar-refractivity contribution in [2.45, 2.75) is 0 Å². The van der Waals surface area contributed by atoms with Gasteiger partial charge >= 0.3 is 6.09 Å². The highest BCUT2D eigenvalue weighted by Gasteiger charge is 2.11. The number of likely N-dealkylation sites (N-methyl/N-ethyl adjacent to an activating group) is 1. The number of nitrogens with zero attached hydrogens (tertiary/aromatic N) is 3. The number of carbonyl (C=O) groups excluding carboxylic acids is 1. The standard InChI is InChI=1S/C11H15N3O3/c1-13(11(15)17-2)8-9-14(12-16)10-6-4-3-5-7-10/h3-7H,8-9H2,1-2H3. The van der Waals surface area contributed by atoms with Crippen molar-refractivity contribution in [3.63, 3.8) is 0 Å². The first-order valence-corrected chi connectivity index (χ1v) is 5.14. The third-order valence-corrected chi connectivity index (χ3v) is 2.29. The number of benzene rings is 1. The van der Waals surface area contributed by atoms with Gasteiger partial charge in [0.2, 0.25) is 0 Å². The second-order valence-corrected chi connectivity index (χ2v) is 3.43. The van der Waals surface area contributed by atoms with E-state index < -0.39 is 6.09 Å². The van der Waals surface area contributed by atoms with Crippen LogP contribution < -0.4 is 5.01 Å². The number of nitroso groups, excluding NO2 is 1. The molecule has 0 aromatic heterocycles. The van der Waals surface area contributed by atoms with Crippen LogP contribution in [0, 0.1) is 4.91 Å². The molecule has 0 heterocycles. The fourth-order valence-electron chi connectivity index (χ4n) is 1.31. The normalized spacial score (nSPS) is 9.53. The number of rotatable bonds is 5. The van der Waals surface area contributed by atoms with Crippen molar-refractivity contribution in [1.82, 2.24) is 4.90 Å². The lowest BCUT2D eigenvalue weighted by atomic mass is 10.3. The number of methoxy groups -OCH3 is 1. The monoisotopic (exact) mass is 237 g/mol. The molecule has 6 nitrogen and oxygen atoms in total. The highest BCUT2D eigenvalue weighted by molar-refractivity contribution is 5.67. The molecule has 0 radical (unpaired) electrons. The molecule has 0 aliphatic carbocycles. The first-order valence-electron chi connectivity index (χ1n) is 5.14. The minimum absolute atomic E-state index is 0.319. The van der Waals surface area contributed by atoms with E-state index >= 15 is 0 Å². The van der Waals surface area contributed by atoms with Crippen molar-refractivity contribution < 1.29 is 9.53 Å². The SMILES string of the molecule is COC(=O)N(C)CCN(N=O)c1ccccc1. The largest absolute Gasteiger partial charge is 0.453 e. The van der Waals surface area contributed by atoms with Crippen LogP contribution in [0.4, 0.5) is 10.5 Å². The number of hydrogen-bond donors (Lipinski definition) is 0. The topological polar surface area (TPSA) is 62.2 Å². The highest BCUT2D eigenvalue weighted by atomic mass is 16.5. The Bertz CT molecular complexity index is 369. The summed E-state index contributed by atoms with van der Waals surface area (Å²) in [4.78, 5) is 23.2. The predicted molar refractivity (Wildman–Crippen MR) is 64.6 cm³/mol. The van der Waals surface area contributed by atoms with E-state index in [9.17, 15) is 9.70 Å². The molecule has 0 fully saturated rings. The molecule has 1 aromatic rings. The lowest BCUT2D eigenvalue weighted by molar-refractivity contribution is 0.134. The summed E-state index contributed by atoms with van der Waals surface area (Å²) >= 11 is 0. The van der Waals surface area contributed by atoms with Gasteiger partial charge in [0.1, 0.15) is 0 Å². The molecule has 6 heteroatoms. The molecule has 0 saturated carbocycles. The molecule has 0 atom stereocenters. The van der Waals surface area contributed by atoms with E-state index in [-0.39, 0.29) is 0 Å². The molecule has 17 heavy (non-hydrogen) atoms. The van der Waals surface area contributed by atoms with Crippen molar-refractivity contribution in [3.8, 4) is 0 Å². The van der Waals surface area contributed by atoms with Crippen LogP contribution in [-0.4, -0.2) is 38.2 Å². The van der Waals surface area contributed by atoms with Crippen molar-refractivity contribution >= 4 is 11.8 Å². The average molecular weight is 237 g/mol. The molecule has 1 aromatic carbocycles. The summed E-state index contributed by atoms with van der Waals surface area (Å²) in [5.41, 5.74) is 0.695. The molecule has 0 aliphatic rings. The summed E-state index contributed by atoms with van der Waals surface area (Å²) < 4.78 is 4.54. The third-order valence-electron chi connectivity index (χ3n) is 2.29. The zero-order chi connectivity index (χ0) is 12.7. The van der Waals surface area contributed by atoms with E-state index in [1.807, 2.05) is 18.2 Å². The second kappa shape index (κ2) is 6.47. The van der Waals surface area contributed by atoms with Gasteiger partial charge in [-0.2, -0.15) is 0 Å². The number of carbonyl (C=O) groups is 1. The lowest BCUT2D eigenvalue weighted by Gasteiger charge is -2.20. The van der Waals surface area contributed by atoms with Crippen LogP contribution in [0.25, 0.3) is 0 Å². The van der Waals surface area contributed by atoms with E-state index in [0.717, 1.165) is 0 Å². The maximum Gasteiger partial charge on any atom is 0.409 e. The Kier molecular flexibility index (Phi) is 4.93. The summed E-state index contributed by atoms with van der Waals surface area (Å²) in [7, 11) is 2.91. The Balaban J connectivity index is 2.54. The molecule has 92 valence electrons. The number of amides is 1. The number of anilines is 1. The number of para-hydroxylation sites is 1. The maximum absolute atomic E-state index is 11.1. The molecular weight excluding hydrogens is 222 g/mol. The first kappa shape index (κ1) is 13.0. The summed E-state index contributed by atoms with van der Waals surface area (Å²) in [6, 6.07) is 9.04. The van der Waals surface area contributed by atoms with Crippen LogP contribution in [0.3, 0.4) is 0 Å². The number of ether oxygens (including phenoxy) is 1. The molecule has 0 bridgehead atoms. The van der Waals surface area contributed by atoms with Gasteiger partial charge < -0.3 is 9.64 Å².